The second-order valence-corrected chi connectivity index (χ2v) is 11.2. The van der Waals surface area contributed by atoms with E-state index in [0.29, 0.717) is 17.5 Å². The first-order valence-corrected chi connectivity index (χ1v) is 14.9. The van der Waals surface area contributed by atoms with Gasteiger partial charge in [0, 0.05) is 39.9 Å². The molecule has 3 heterocycles. The van der Waals surface area contributed by atoms with E-state index in [2.05, 4.69) is 96.0 Å². The van der Waals surface area contributed by atoms with Crippen molar-refractivity contribution in [3.05, 3.63) is 146 Å². The molecule has 0 aliphatic heterocycles. The second kappa shape index (κ2) is 10.2. The monoisotopic (exact) mass is 576 g/mol. The molecule has 0 N–H and O–H groups in total. The van der Waals surface area contributed by atoms with Crippen molar-refractivity contribution in [2.75, 3.05) is 0 Å². The van der Waals surface area contributed by atoms with Gasteiger partial charge in [0.05, 0.1) is 0 Å². The van der Waals surface area contributed by atoms with E-state index in [1.807, 2.05) is 48.7 Å². The van der Waals surface area contributed by atoms with Gasteiger partial charge in [0.15, 0.2) is 17.5 Å². The molecule has 9 aromatic rings. The van der Waals surface area contributed by atoms with Crippen molar-refractivity contribution >= 4 is 43.5 Å². The van der Waals surface area contributed by atoms with Gasteiger partial charge < -0.3 is 4.42 Å². The number of hydrogen-bond acceptors (Lipinski definition) is 5. The minimum atomic E-state index is 0.613. The molecule has 0 aliphatic carbocycles. The van der Waals surface area contributed by atoms with Crippen LogP contribution >= 0.6 is 0 Å². The van der Waals surface area contributed by atoms with Gasteiger partial charge in [0.2, 0.25) is 0 Å². The molecule has 0 saturated heterocycles. The Morgan fingerprint density at radius 3 is 1.84 bits per heavy atom. The smallest absolute Gasteiger partial charge is 0.164 e. The molecule has 0 fully saturated rings. The van der Waals surface area contributed by atoms with Crippen LogP contribution in [0.5, 0.6) is 0 Å². The number of hydrogen-bond donors (Lipinski definition) is 0. The molecule has 5 heteroatoms. The quantitative estimate of drug-likeness (QED) is 0.209. The summed E-state index contributed by atoms with van der Waals surface area (Å²) in [6, 6.07) is 45.9. The Morgan fingerprint density at radius 1 is 0.400 bits per heavy atom. The van der Waals surface area contributed by atoms with Gasteiger partial charge in [0.25, 0.3) is 0 Å². The lowest BCUT2D eigenvalue weighted by Crippen LogP contribution is -2.00. The highest BCUT2D eigenvalue weighted by Crippen LogP contribution is 2.36. The van der Waals surface area contributed by atoms with E-state index in [4.69, 9.17) is 19.4 Å². The van der Waals surface area contributed by atoms with E-state index in [0.717, 1.165) is 55.0 Å². The number of nitrogens with zero attached hydrogens (tertiary/aromatic N) is 4. The number of fused-ring (bicyclic) bond motifs is 6. The summed E-state index contributed by atoms with van der Waals surface area (Å²) >= 11 is 0. The van der Waals surface area contributed by atoms with Crippen LogP contribution in [0.4, 0.5) is 0 Å². The summed E-state index contributed by atoms with van der Waals surface area (Å²) in [5, 5.41) is 6.67. The van der Waals surface area contributed by atoms with Crippen LogP contribution in [-0.2, 0) is 0 Å². The van der Waals surface area contributed by atoms with Gasteiger partial charge in [-0.05, 0) is 56.9 Å². The molecule has 0 unspecified atom stereocenters. The first-order chi connectivity index (χ1) is 22.3. The van der Waals surface area contributed by atoms with Gasteiger partial charge in [0.1, 0.15) is 11.2 Å². The van der Waals surface area contributed by atoms with Gasteiger partial charge in [-0.15, -0.1) is 0 Å². The molecule has 5 nitrogen and oxygen atoms in total. The summed E-state index contributed by atoms with van der Waals surface area (Å²) in [4.78, 5) is 19.3. The van der Waals surface area contributed by atoms with Crippen molar-refractivity contribution in [3.63, 3.8) is 0 Å². The Labute approximate surface area is 258 Å². The van der Waals surface area contributed by atoms with Gasteiger partial charge in [-0.1, -0.05) is 109 Å². The molecule has 0 aliphatic rings. The van der Waals surface area contributed by atoms with E-state index >= 15 is 0 Å². The molecule has 0 spiro atoms. The summed E-state index contributed by atoms with van der Waals surface area (Å²) in [7, 11) is 0. The molecule has 3 aromatic heterocycles. The maximum absolute atomic E-state index is 6.14. The molecule has 0 bridgehead atoms. The molecule has 0 amide bonds. The Morgan fingerprint density at radius 2 is 1.02 bits per heavy atom. The molecule has 45 heavy (non-hydrogen) atoms. The van der Waals surface area contributed by atoms with Crippen molar-refractivity contribution in [3.8, 4) is 45.3 Å². The van der Waals surface area contributed by atoms with Crippen LogP contribution in [0.3, 0.4) is 0 Å². The van der Waals surface area contributed by atoms with E-state index in [1.165, 1.54) is 16.3 Å². The molecule has 0 atom stereocenters. The first kappa shape index (κ1) is 25.3. The molecular formula is C40H24N4O. The highest BCUT2D eigenvalue weighted by atomic mass is 16.3. The maximum atomic E-state index is 6.14. The molecular weight excluding hydrogens is 552 g/mol. The van der Waals surface area contributed by atoms with Crippen LogP contribution in [0.2, 0.25) is 0 Å². The van der Waals surface area contributed by atoms with Gasteiger partial charge in [-0.25, -0.2) is 15.0 Å². The van der Waals surface area contributed by atoms with Crippen LogP contribution < -0.4 is 0 Å². The second-order valence-electron chi connectivity index (χ2n) is 11.2. The lowest BCUT2D eigenvalue weighted by atomic mass is 10.00. The third-order valence-electron chi connectivity index (χ3n) is 8.41. The number of pyridine rings is 1. The summed E-state index contributed by atoms with van der Waals surface area (Å²) in [5.74, 6) is 1.87. The average Bonchev–Trinajstić information content (AvgIpc) is 3.51. The summed E-state index contributed by atoms with van der Waals surface area (Å²) in [6.07, 6.45) is 3.62. The topological polar surface area (TPSA) is 64.7 Å². The Bertz CT molecular complexity index is 2540. The normalized spacial score (nSPS) is 11.6. The fraction of sp³-hybridized carbons (Fsp3) is 0. The van der Waals surface area contributed by atoms with Crippen LogP contribution in [0.1, 0.15) is 0 Å². The van der Waals surface area contributed by atoms with E-state index in [1.54, 1.807) is 6.20 Å². The van der Waals surface area contributed by atoms with Crippen molar-refractivity contribution in [1.82, 2.24) is 19.9 Å². The van der Waals surface area contributed by atoms with Gasteiger partial charge >= 0.3 is 0 Å². The van der Waals surface area contributed by atoms with Crippen molar-refractivity contribution < 1.29 is 4.42 Å². The zero-order valence-electron chi connectivity index (χ0n) is 24.1. The lowest BCUT2D eigenvalue weighted by Gasteiger charge is -2.10. The summed E-state index contributed by atoms with van der Waals surface area (Å²) < 4.78 is 6.14. The first-order valence-electron chi connectivity index (χ1n) is 14.9. The van der Waals surface area contributed by atoms with Gasteiger partial charge in [-0.2, -0.15) is 0 Å². The minimum Gasteiger partial charge on any atom is -0.456 e. The number of rotatable bonds is 4. The van der Waals surface area contributed by atoms with E-state index in [-0.39, 0.29) is 0 Å². The summed E-state index contributed by atoms with van der Waals surface area (Å²) in [5.41, 5.74) is 6.73. The van der Waals surface area contributed by atoms with Crippen molar-refractivity contribution in [2.24, 2.45) is 0 Å². The number of benzene rings is 6. The van der Waals surface area contributed by atoms with Crippen molar-refractivity contribution in [1.29, 1.82) is 0 Å². The van der Waals surface area contributed by atoms with Crippen LogP contribution in [0.15, 0.2) is 150 Å². The van der Waals surface area contributed by atoms with Crippen LogP contribution in [-0.4, -0.2) is 19.9 Å². The average molecular weight is 577 g/mol. The zero-order valence-corrected chi connectivity index (χ0v) is 24.1. The zero-order chi connectivity index (χ0) is 29.7. The van der Waals surface area contributed by atoms with Gasteiger partial charge in [-0.3, -0.25) is 4.98 Å². The lowest BCUT2D eigenvalue weighted by molar-refractivity contribution is 0.668. The van der Waals surface area contributed by atoms with Crippen LogP contribution in [0, 0.1) is 0 Å². The Hall–Kier alpha value is -6.20. The number of aromatic nitrogens is 4. The standard InChI is InChI=1S/C40H24N4O/c1-2-7-28(8-3-1)38-42-39(29-14-10-26(11-15-29)31-16-12-25-6-4-5-9-30(25)22-31)44-40(43-38)32-17-13-27-18-19-36-37(33(27)23-32)34-24-41-21-20-35(34)45-36/h1-24H. The minimum absolute atomic E-state index is 0.613. The molecule has 6 aromatic carbocycles. The third kappa shape index (κ3) is 4.41. The summed E-state index contributed by atoms with van der Waals surface area (Å²) in [6.45, 7) is 0. The third-order valence-corrected chi connectivity index (χ3v) is 8.41. The fourth-order valence-electron chi connectivity index (χ4n) is 6.11. The highest BCUT2D eigenvalue weighted by Gasteiger charge is 2.15. The SMILES string of the molecule is c1ccc(-c2nc(-c3ccc(-c4ccc5ccccc5c4)cc3)nc(-c3ccc4ccc5oc6ccncc6c5c4c3)n2)cc1. The van der Waals surface area contributed by atoms with Crippen LogP contribution in [0.25, 0.3) is 88.8 Å². The van der Waals surface area contributed by atoms with Crippen molar-refractivity contribution in [2.45, 2.75) is 0 Å². The Balaban J connectivity index is 1.18. The number of furan rings is 1. The maximum Gasteiger partial charge on any atom is 0.164 e. The molecule has 9 rings (SSSR count). The molecule has 0 radical (unpaired) electrons. The highest BCUT2D eigenvalue weighted by molar-refractivity contribution is 6.19. The largest absolute Gasteiger partial charge is 0.456 e. The van der Waals surface area contributed by atoms with E-state index in [9.17, 15) is 0 Å². The molecule has 0 saturated carbocycles. The predicted octanol–water partition coefficient (Wildman–Crippen LogP) is 10.1. The fourth-order valence-corrected chi connectivity index (χ4v) is 6.11. The predicted molar refractivity (Wildman–Crippen MR) is 182 cm³/mol. The molecule has 210 valence electrons. The van der Waals surface area contributed by atoms with E-state index < -0.39 is 0 Å². The Kier molecular flexibility index (Phi) is 5.74.